The topological polar surface area (TPSA) is 97.4 Å². The number of hydrogen-bond donors (Lipinski definition) is 1. The van der Waals surface area contributed by atoms with Crippen LogP contribution in [-0.2, 0) is 9.59 Å². The van der Waals surface area contributed by atoms with Crippen LogP contribution in [0.4, 0.5) is 5.69 Å². The molecule has 9 heteroatoms. The van der Waals surface area contributed by atoms with Crippen LogP contribution in [0.15, 0.2) is 42.5 Å². The maximum atomic E-state index is 12.8. The van der Waals surface area contributed by atoms with E-state index in [0.29, 0.717) is 35.0 Å². The average Bonchev–Trinajstić information content (AvgIpc) is 2.89. The Hall–Kier alpha value is -3.59. The van der Waals surface area contributed by atoms with E-state index in [4.69, 9.17) is 14.2 Å². The Morgan fingerprint density at radius 1 is 1.14 bits per heavy atom. The molecule has 1 heterocycles. The van der Waals surface area contributed by atoms with Crippen LogP contribution in [0.5, 0.6) is 17.2 Å². The van der Waals surface area contributed by atoms with Gasteiger partial charge in [0.2, 0.25) is 5.91 Å². The first-order valence-corrected chi connectivity index (χ1v) is 11.8. The van der Waals surface area contributed by atoms with Gasteiger partial charge in [0, 0.05) is 24.7 Å². The fourth-order valence-electron chi connectivity index (χ4n) is 3.83. The lowest BCUT2D eigenvalue weighted by atomic mass is 10.1. The summed E-state index contributed by atoms with van der Waals surface area (Å²) in [6.07, 6.45) is 0. The number of likely N-dealkylation sites (N-methyl/N-ethyl adjacent to an activating group) is 1. The number of nitrogens with zero attached hydrogens (tertiary/aromatic N) is 2. The molecule has 2 amide bonds. The molecule has 0 aromatic heterocycles. The third-order valence-corrected chi connectivity index (χ3v) is 5.96. The van der Waals surface area contributed by atoms with Gasteiger partial charge in [0.15, 0.2) is 19.0 Å². The number of carbonyl (C=O) groups excluding carboxylic acids is 3. The molecule has 0 aliphatic carbocycles. The summed E-state index contributed by atoms with van der Waals surface area (Å²) in [6, 6.07) is 11.0. The predicted molar refractivity (Wildman–Crippen MR) is 133 cm³/mol. The Morgan fingerprint density at radius 2 is 1.89 bits per heavy atom. The van der Waals surface area contributed by atoms with E-state index in [9.17, 15) is 14.4 Å². The molecule has 0 saturated carbocycles. The molecule has 3 rings (SSSR count). The maximum Gasteiger partial charge on any atom is 0.265 e. The fourth-order valence-corrected chi connectivity index (χ4v) is 3.83. The molecular formula is C26H33N3O6. The van der Waals surface area contributed by atoms with E-state index in [2.05, 4.69) is 24.1 Å². The van der Waals surface area contributed by atoms with Crippen molar-refractivity contribution in [2.45, 2.75) is 26.8 Å². The highest BCUT2D eigenvalue weighted by Gasteiger charge is 2.33. The van der Waals surface area contributed by atoms with E-state index in [1.54, 1.807) is 56.5 Å². The summed E-state index contributed by atoms with van der Waals surface area (Å²) in [5, 5.41) is 2.90. The summed E-state index contributed by atoms with van der Waals surface area (Å²) in [5.41, 5.74) is 0.740. The number of carbonyl (C=O) groups is 3. The second-order valence-corrected chi connectivity index (χ2v) is 8.12. The molecule has 1 unspecified atom stereocenters. The summed E-state index contributed by atoms with van der Waals surface area (Å²) in [6.45, 7) is 8.45. The zero-order valence-corrected chi connectivity index (χ0v) is 20.7. The van der Waals surface area contributed by atoms with Crippen molar-refractivity contribution in [2.24, 2.45) is 0 Å². The van der Waals surface area contributed by atoms with Crippen molar-refractivity contribution in [3.05, 3.63) is 48.0 Å². The van der Waals surface area contributed by atoms with Crippen molar-refractivity contribution in [2.75, 3.05) is 51.4 Å². The van der Waals surface area contributed by atoms with E-state index in [-0.39, 0.29) is 30.8 Å². The van der Waals surface area contributed by atoms with E-state index >= 15 is 0 Å². The molecule has 1 aliphatic heterocycles. The molecule has 2 aromatic carbocycles. The molecule has 0 fully saturated rings. The van der Waals surface area contributed by atoms with Crippen LogP contribution in [0.25, 0.3) is 0 Å². The van der Waals surface area contributed by atoms with E-state index in [1.807, 2.05) is 0 Å². The number of nitrogens with one attached hydrogen (secondary N) is 1. The molecule has 188 valence electrons. The van der Waals surface area contributed by atoms with Gasteiger partial charge >= 0.3 is 0 Å². The number of ketones is 1. The first kappa shape index (κ1) is 26.0. The van der Waals surface area contributed by atoms with Gasteiger partial charge < -0.3 is 24.4 Å². The first-order valence-electron chi connectivity index (χ1n) is 11.8. The highest BCUT2D eigenvalue weighted by atomic mass is 16.5. The summed E-state index contributed by atoms with van der Waals surface area (Å²) in [5.74, 6) is 0.685. The minimum Gasteiger partial charge on any atom is -0.497 e. The Balaban J connectivity index is 1.71. The van der Waals surface area contributed by atoms with Crippen LogP contribution >= 0.6 is 0 Å². The number of Topliss-reactive ketones (excluding diaryl/α,β-unsaturated/α-hetero) is 1. The Morgan fingerprint density at radius 3 is 2.60 bits per heavy atom. The van der Waals surface area contributed by atoms with Gasteiger partial charge in [0.25, 0.3) is 5.91 Å². The Labute approximate surface area is 205 Å². The largest absolute Gasteiger partial charge is 0.497 e. The molecule has 1 aliphatic rings. The van der Waals surface area contributed by atoms with E-state index < -0.39 is 6.04 Å². The summed E-state index contributed by atoms with van der Waals surface area (Å²) in [7, 11) is 1.55. The average molecular weight is 484 g/mol. The lowest BCUT2D eigenvalue weighted by molar-refractivity contribution is -0.127. The van der Waals surface area contributed by atoms with Gasteiger partial charge in [-0.3, -0.25) is 19.3 Å². The number of rotatable bonds is 12. The van der Waals surface area contributed by atoms with Gasteiger partial charge in [-0.05, 0) is 50.3 Å². The van der Waals surface area contributed by atoms with Gasteiger partial charge in [-0.25, -0.2) is 0 Å². The molecule has 0 bridgehead atoms. The Bertz CT molecular complexity index is 1050. The number of hydrogen-bond acceptors (Lipinski definition) is 7. The van der Waals surface area contributed by atoms with E-state index in [1.165, 1.54) is 4.90 Å². The summed E-state index contributed by atoms with van der Waals surface area (Å²) < 4.78 is 16.3. The van der Waals surface area contributed by atoms with Crippen LogP contribution in [0, 0.1) is 0 Å². The highest BCUT2D eigenvalue weighted by Crippen LogP contribution is 2.34. The number of benzene rings is 2. The number of ether oxygens (including phenoxy) is 3. The normalized spacial score (nSPS) is 13.6. The smallest absolute Gasteiger partial charge is 0.265 e. The van der Waals surface area contributed by atoms with Gasteiger partial charge in [0.1, 0.15) is 23.3 Å². The van der Waals surface area contributed by atoms with Gasteiger partial charge in [-0.1, -0.05) is 19.9 Å². The lowest BCUT2D eigenvalue weighted by Gasteiger charge is -2.33. The van der Waals surface area contributed by atoms with Crippen molar-refractivity contribution in [1.82, 2.24) is 10.2 Å². The highest BCUT2D eigenvalue weighted by molar-refractivity contribution is 6.05. The van der Waals surface area contributed by atoms with Crippen molar-refractivity contribution in [1.29, 1.82) is 0 Å². The minimum atomic E-state index is -0.764. The van der Waals surface area contributed by atoms with Crippen LogP contribution < -0.4 is 24.4 Å². The van der Waals surface area contributed by atoms with Crippen molar-refractivity contribution in [3.63, 3.8) is 0 Å². The molecule has 9 nitrogen and oxygen atoms in total. The number of anilines is 1. The van der Waals surface area contributed by atoms with Crippen molar-refractivity contribution >= 4 is 23.3 Å². The van der Waals surface area contributed by atoms with Gasteiger partial charge in [0.05, 0.1) is 12.8 Å². The summed E-state index contributed by atoms with van der Waals surface area (Å²) >= 11 is 0. The standard InChI is InChI=1S/C26H33N3O6/c1-5-28(6-2)13-12-27-26(32)18(3)29-22-14-19(10-11-24(22)35-17-25(29)31)23(30)16-34-21-9-7-8-20(15-21)33-4/h7-11,14-15,18H,5-6,12-13,16-17H2,1-4H3,(H,27,32). The van der Waals surface area contributed by atoms with Crippen LogP contribution in [0.1, 0.15) is 31.1 Å². The Kier molecular flexibility index (Phi) is 9.08. The van der Waals surface area contributed by atoms with Crippen LogP contribution in [-0.4, -0.2) is 75.0 Å². The van der Waals surface area contributed by atoms with E-state index in [0.717, 1.165) is 19.6 Å². The second kappa shape index (κ2) is 12.2. The molecule has 0 radical (unpaired) electrons. The molecule has 2 aromatic rings. The minimum absolute atomic E-state index is 0.170. The van der Waals surface area contributed by atoms with Crippen LogP contribution in [0.2, 0.25) is 0 Å². The van der Waals surface area contributed by atoms with Crippen LogP contribution in [0.3, 0.4) is 0 Å². The molecule has 0 spiro atoms. The molecule has 1 N–H and O–H groups in total. The quantitative estimate of drug-likeness (QED) is 0.464. The number of amides is 2. The second-order valence-electron chi connectivity index (χ2n) is 8.12. The third kappa shape index (κ3) is 6.51. The SMILES string of the molecule is CCN(CC)CCNC(=O)C(C)N1C(=O)COc2ccc(C(=O)COc3cccc(OC)c3)cc21. The fraction of sp³-hybridized carbons (Fsp3) is 0.423. The zero-order chi connectivity index (χ0) is 25.4. The van der Waals surface area contributed by atoms with Crippen molar-refractivity contribution < 1.29 is 28.6 Å². The van der Waals surface area contributed by atoms with Gasteiger partial charge in [-0.2, -0.15) is 0 Å². The monoisotopic (exact) mass is 483 g/mol. The number of methoxy groups -OCH3 is 1. The first-order chi connectivity index (χ1) is 16.9. The number of fused-ring (bicyclic) bond motifs is 1. The molecule has 0 saturated heterocycles. The maximum absolute atomic E-state index is 12.8. The molecule has 1 atom stereocenters. The lowest BCUT2D eigenvalue weighted by Crippen LogP contribution is -2.52. The van der Waals surface area contributed by atoms with Gasteiger partial charge in [-0.15, -0.1) is 0 Å². The zero-order valence-electron chi connectivity index (χ0n) is 20.7. The predicted octanol–water partition coefficient (Wildman–Crippen LogP) is 2.53. The van der Waals surface area contributed by atoms with Crippen molar-refractivity contribution in [3.8, 4) is 17.2 Å². The third-order valence-electron chi connectivity index (χ3n) is 5.96. The molecular weight excluding hydrogens is 450 g/mol. The summed E-state index contributed by atoms with van der Waals surface area (Å²) in [4.78, 5) is 42.0. The molecule has 35 heavy (non-hydrogen) atoms.